The molecule has 0 spiro atoms. The third-order valence-electron chi connectivity index (χ3n) is 4.05. The summed E-state index contributed by atoms with van der Waals surface area (Å²) in [5.41, 5.74) is 0.736. The molecule has 8 heteroatoms. The number of halogens is 4. The van der Waals surface area contributed by atoms with Gasteiger partial charge >= 0.3 is 12.2 Å². The number of anilines is 1. The van der Waals surface area contributed by atoms with Gasteiger partial charge in [-0.2, -0.15) is 18.2 Å². The Morgan fingerprint density at radius 1 is 1.11 bits per heavy atom. The molecule has 1 aromatic heterocycles. The van der Waals surface area contributed by atoms with Crippen molar-refractivity contribution >= 4 is 5.82 Å². The van der Waals surface area contributed by atoms with E-state index in [2.05, 4.69) is 10.3 Å². The predicted molar refractivity (Wildman–Crippen MR) is 93.5 cm³/mol. The fraction of sp³-hybridized carbons (Fsp3) is 0.211. The molecule has 142 valence electrons. The van der Waals surface area contributed by atoms with Gasteiger partial charge in [-0.1, -0.05) is 18.2 Å². The molecular weight excluding hydrogens is 362 g/mol. The Labute approximate surface area is 153 Å². The third kappa shape index (κ3) is 4.21. The quantitative estimate of drug-likeness (QED) is 0.617. The molecule has 1 heterocycles. The second kappa shape index (κ2) is 7.30. The number of rotatable bonds is 5. The van der Waals surface area contributed by atoms with Crippen LogP contribution in [-0.4, -0.2) is 16.6 Å². The molecule has 0 saturated heterocycles. The summed E-state index contributed by atoms with van der Waals surface area (Å²) in [7, 11) is 1.69. The standard InChI is InChI=1S/C19H17F4N3O/c1-12-17(24-2)25-18(26(12)11-13-6-8-15(20)9-7-13)27-16-5-3-4-14(10-16)19(21,22)23/h3-10,24H,11H2,1-2H3. The summed E-state index contributed by atoms with van der Waals surface area (Å²) in [6.07, 6.45) is -4.46. The summed E-state index contributed by atoms with van der Waals surface area (Å²) >= 11 is 0. The highest BCUT2D eigenvalue weighted by molar-refractivity contribution is 5.44. The lowest BCUT2D eigenvalue weighted by Crippen LogP contribution is -2.06. The highest BCUT2D eigenvalue weighted by atomic mass is 19.4. The van der Waals surface area contributed by atoms with Crippen LogP contribution in [0.25, 0.3) is 0 Å². The Kier molecular flexibility index (Phi) is 5.07. The van der Waals surface area contributed by atoms with Gasteiger partial charge in [0.25, 0.3) is 0 Å². The van der Waals surface area contributed by atoms with Gasteiger partial charge < -0.3 is 10.1 Å². The number of nitrogens with one attached hydrogen (secondary N) is 1. The molecular formula is C19H17F4N3O. The number of ether oxygens (including phenoxy) is 1. The molecule has 0 saturated carbocycles. The summed E-state index contributed by atoms with van der Waals surface area (Å²) in [6, 6.07) is 10.7. The molecule has 27 heavy (non-hydrogen) atoms. The van der Waals surface area contributed by atoms with E-state index >= 15 is 0 Å². The van der Waals surface area contributed by atoms with Crippen molar-refractivity contribution in [1.82, 2.24) is 9.55 Å². The summed E-state index contributed by atoms with van der Waals surface area (Å²) in [6.45, 7) is 2.14. The van der Waals surface area contributed by atoms with Crippen LogP contribution >= 0.6 is 0 Å². The van der Waals surface area contributed by atoms with Crippen LogP contribution in [0, 0.1) is 12.7 Å². The first-order chi connectivity index (χ1) is 12.8. The van der Waals surface area contributed by atoms with E-state index in [4.69, 9.17) is 4.74 Å². The molecule has 0 aliphatic heterocycles. The van der Waals surface area contributed by atoms with Gasteiger partial charge in [-0.05, 0) is 42.8 Å². The summed E-state index contributed by atoms with van der Waals surface area (Å²) in [5, 5.41) is 2.92. The molecule has 0 bridgehead atoms. The lowest BCUT2D eigenvalue weighted by molar-refractivity contribution is -0.137. The molecule has 1 N–H and O–H groups in total. The zero-order valence-electron chi connectivity index (χ0n) is 14.6. The van der Waals surface area contributed by atoms with Gasteiger partial charge in [0.05, 0.1) is 17.8 Å². The number of hydrogen-bond acceptors (Lipinski definition) is 3. The minimum absolute atomic E-state index is 0.0258. The van der Waals surface area contributed by atoms with Crippen LogP contribution in [0.5, 0.6) is 11.8 Å². The van der Waals surface area contributed by atoms with E-state index in [0.29, 0.717) is 12.4 Å². The summed E-state index contributed by atoms with van der Waals surface area (Å²) in [5.74, 6) is 0.217. The van der Waals surface area contributed by atoms with Crippen LogP contribution in [0.2, 0.25) is 0 Å². The minimum Gasteiger partial charge on any atom is -0.425 e. The smallest absolute Gasteiger partial charge is 0.416 e. The van der Waals surface area contributed by atoms with Gasteiger partial charge in [0.15, 0.2) is 5.82 Å². The maximum Gasteiger partial charge on any atom is 0.416 e. The third-order valence-corrected chi connectivity index (χ3v) is 4.05. The fourth-order valence-corrected chi connectivity index (χ4v) is 2.62. The van der Waals surface area contributed by atoms with Crippen molar-refractivity contribution in [1.29, 1.82) is 0 Å². The zero-order chi connectivity index (χ0) is 19.6. The molecule has 0 radical (unpaired) electrons. The van der Waals surface area contributed by atoms with Gasteiger partial charge in [0.1, 0.15) is 11.6 Å². The average Bonchev–Trinajstić information content (AvgIpc) is 2.92. The van der Waals surface area contributed by atoms with E-state index in [1.807, 2.05) is 0 Å². The highest BCUT2D eigenvalue weighted by Gasteiger charge is 2.30. The van der Waals surface area contributed by atoms with Crippen LogP contribution in [0.4, 0.5) is 23.4 Å². The van der Waals surface area contributed by atoms with Crippen LogP contribution in [0.15, 0.2) is 48.5 Å². The minimum atomic E-state index is -4.46. The van der Waals surface area contributed by atoms with Gasteiger partial charge in [-0.25, -0.2) is 4.39 Å². The van der Waals surface area contributed by atoms with E-state index in [-0.39, 0.29) is 17.6 Å². The Morgan fingerprint density at radius 3 is 2.44 bits per heavy atom. The maximum atomic E-state index is 13.1. The SMILES string of the molecule is CNc1nc(Oc2cccc(C(F)(F)F)c2)n(Cc2ccc(F)cc2)c1C. The molecule has 3 aromatic rings. The summed E-state index contributed by atoms with van der Waals surface area (Å²) in [4.78, 5) is 4.30. The topological polar surface area (TPSA) is 39.1 Å². The monoisotopic (exact) mass is 379 g/mol. The van der Waals surface area contributed by atoms with Crippen molar-refractivity contribution in [3.63, 3.8) is 0 Å². The van der Waals surface area contributed by atoms with Crippen molar-refractivity contribution in [3.05, 3.63) is 71.2 Å². The van der Waals surface area contributed by atoms with Crippen LogP contribution in [-0.2, 0) is 12.7 Å². The van der Waals surface area contributed by atoms with Crippen molar-refractivity contribution in [2.24, 2.45) is 0 Å². The van der Waals surface area contributed by atoms with E-state index in [0.717, 1.165) is 23.4 Å². The molecule has 0 unspecified atom stereocenters. The van der Waals surface area contributed by atoms with Gasteiger partial charge in [-0.3, -0.25) is 4.57 Å². The van der Waals surface area contributed by atoms with Crippen molar-refractivity contribution in [2.45, 2.75) is 19.6 Å². The van der Waals surface area contributed by atoms with Crippen LogP contribution in [0.1, 0.15) is 16.8 Å². The van der Waals surface area contributed by atoms with Gasteiger partial charge in [0, 0.05) is 7.05 Å². The lowest BCUT2D eigenvalue weighted by atomic mass is 10.2. The number of nitrogens with zero attached hydrogens (tertiary/aromatic N) is 2. The van der Waals surface area contributed by atoms with E-state index < -0.39 is 11.7 Å². The second-order valence-corrected chi connectivity index (χ2v) is 5.92. The predicted octanol–water partition coefficient (Wildman–Crippen LogP) is 5.23. The van der Waals surface area contributed by atoms with Crippen molar-refractivity contribution in [2.75, 3.05) is 12.4 Å². The van der Waals surface area contributed by atoms with Crippen LogP contribution in [0.3, 0.4) is 0 Å². The maximum absolute atomic E-state index is 13.1. The van der Waals surface area contributed by atoms with E-state index in [1.54, 1.807) is 30.7 Å². The Balaban J connectivity index is 1.94. The zero-order valence-corrected chi connectivity index (χ0v) is 14.6. The van der Waals surface area contributed by atoms with Gasteiger partial charge in [0.2, 0.25) is 0 Å². The van der Waals surface area contributed by atoms with Gasteiger partial charge in [-0.15, -0.1) is 0 Å². The average molecular weight is 379 g/mol. The number of aromatic nitrogens is 2. The Hall–Kier alpha value is -3.03. The largest absolute Gasteiger partial charge is 0.425 e. The molecule has 4 nitrogen and oxygen atoms in total. The Morgan fingerprint density at radius 2 is 1.81 bits per heavy atom. The number of hydrogen-bond donors (Lipinski definition) is 1. The van der Waals surface area contributed by atoms with Crippen molar-refractivity contribution < 1.29 is 22.3 Å². The molecule has 0 aliphatic carbocycles. The number of imidazole rings is 1. The molecule has 0 amide bonds. The first-order valence-electron chi connectivity index (χ1n) is 8.12. The Bertz CT molecular complexity index is 933. The normalized spacial score (nSPS) is 11.5. The van der Waals surface area contributed by atoms with E-state index in [1.165, 1.54) is 24.3 Å². The van der Waals surface area contributed by atoms with E-state index in [9.17, 15) is 17.6 Å². The molecule has 0 fully saturated rings. The number of alkyl halides is 3. The molecule has 0 aliphatic rings. The molecule has 0 atom stereocenters. The number of benzene rings is 2. The first kappa shape index (κ1) is 18.8. The highest BCUT2D eigenvalue weighted by Crippen LogP contribution is 2.33. The first-order valence-corrected chi connectivity index (χ1v) is 8.12. The molecule has 3 rings (SSSR count). The molecule has 2 aromatic carbocycles. The lowest BCUT2D eigenvalue weighted by Gasteiger charge is -2.12. The fourth-order valence-electron chi connectivity index (χ4n) is 2.62. The summed E-state index contributed by atoms with van der Waals surface area (Å²) < 4.78 is 59.2. The second-order valence-electron chi connectivity index (χ2n) is 5.92. The van der Waals surface area contributed by atoms with Crippen LogP contribution < -0.4 is 10.1 Å². The van der Waals surface area contributed by atoms with Crippen molar-refractivity contribution in [3.8, 4) is 11.8 Å².